The largest absolute Gasteiger partial charge is 0.508 e. The molecule has 0 bridgehead atoms. The summed E-state index contributed by atoms with van der Waals surface area (Å²) in [4.78, 5) is 17.4. The van der Waals surface area contributed by atoms with Crippen molar-refractivity contribution in [2.75, 3.05) is 5.32 Å². The van der Waals surface area contributed by atoms with E-state index in [1.807, 2.05) is 68.6 Å². The standard InChI is InChI=1S/C21H22N2O2S/c1-14-13-26-20(22-14)23-19(25)21(2,3)18(15-7-5-4-6-8-15)16-9-11-17(24)12-10-16/h4-13,18,24H,1-3H3,(H,22,23,25). The lowest BCUT2D eigenvalue weighted by Gasteiger charge is -2.33. The van der Waals surface area contributed by atoms with Crippen LogP contribution < -0.4 is 5.32 Å². The number of aryl methyl sites for hydroxylation is 1. The summed E-state index contributed by atoms with van der Waals surface area (Å²) in [6, 6.07) is 17.0. The topological polar surface area (TPSA) is 62.2 Å². The van der Waals surface area contributed by atoms with Gasteiger partial charge in [-0.05, 0) is 30.2 Å². The molecule has 5 heteroatoms. The third-order valence-corrected chi connectivity index (χ3v) is 5.38. The van der Waals surface area contributed by atoms with Crippen molar-refractivity contribution in [2.24, 2.45) is 5.41 Å². The number of phenolic OH excluding ortho intramolecular Hbond substituents is 1. The lowest BCUT2D eigenvalue weighted by molar-refractivity contribution is -0.124. The molecule has 2 N–H and O–H groups in total. The molecule has 0 saturated heterocycles. The van der Waals surface area contributed by atoms with E-state index in [9.17, 15) is 9.90 Å². The van der Waals surface area contributed by atoms with Crippen molar-refractivity contribution < 1.29 is 9.90 Å². The van der Waals surface area contributed by atoms with Crippen LogP contribution in [0.1, 0.15) is 36.6 Å². The highest BCUT2D eigenvalue weighted by Crippen LogP contribution is 2.42. The molecule has 134 valence electrons. The minimum absolute atomic E-state index is 0.0891. The number of aromatic nitrogens is 1. The zero-order chi connectivity index (χ0) is 18.7. The van der Waals surface area contributed by atoms with Gasteiger partial charge in [-0.3, -0.25) is 4.79 Å². The van der Waals surface area contributed by atoms with Crippen LogP contribution in [-0.2, 0) is 4.79 Å². The third-order valence-electron chi connectivity index (χ3n) is 4.51. The Bertz CT molecular complexity index is 886. The lowest BCUT2D eigenvalue weighted by Crippen LogP contribution is -2.37. The summed E-state index contributed by atoms with van der Waals surface area (Å²) in [5, 5.41) is 15.1. The maximum Gasteiger partial charge on any atom is 0.232 e. The first-order valence-electron chi connectivity index (χ1n) is 8.45. The van der Waals surface area contributed by atoms with E-state index in [4.69, 9.17) is 0 Å². The van der Waals surface area contributed by atoms with E-state index >= 15 is 0 Å². The highest BCUT2D eigenvalue weighted by atomic mass is 32.1. The number of carbonyl (C=O) groups is 1. The van der Waals surface area contributed by atoms with Crippen LogP contribution in [0.3, 0.4) is 0 Å². The van der Waals surface area contributed by atoms with Gasteiger partial charge in [0, 0.05) is 11.3 Å². The number of amides is 1. The van der Waals surface area contributed by atoms with Gasteiger partial charge in [0.05, 0.1) is 11.1 Å². The van der Waals surface area contributed by atoms with Gasteiger partial charge in [0.1, 0.15) is 5.75 Å². The van der Waals surface area contributed by atoms with E-state index in [-0.39, 0.29) is 17.6 Å². The number of nitrogens with one attached hydrogen (secondary N) is 1. The summed E-state index contributed by atoms with van der Waals surface area (Å²) < 4.78 is 0. The highest BCUT2D eigenvalue weighted by molar-refractivity contribution is 7.13. The van der Waals surface area contributed by atoms with Gasteiger partial charge >= 0.3 is 0 Å². The molecule has 1 unspecified atom stereocenters. The molecule has 0 saturated carbocycles. The van der Waals surface area contributed by atoms with Crippen molar-refractivity contribution in [2.45, 2.75) is 26.7 Å². The van der Waals surface area contributed by atoms with Crippen molar-refractivity contribution in [3.05, 3.63) is 76.8 Å². The van der Waals surface area contributed by atoms with Crippen LogP contribution in [0.15, 0.2) is 60.0 Å². The maximum atomic E-state index is 13.1. The Morgan fingerprint density at radius 1 is 1.08 bits per heavy atom. The van der Waals surface area contributed by atoms with Crippen molar-refractivity contribution >= 4 is 22.4 Å². The molecule has 0 aliphatic rings. The first kappa shape index (κ1) is 18.1. The van der Waals surface area contributed by atoms with Crippen LogP contribution in [0.4, 0.5) is 5.13 Å². The van der Waals surface area contributed by atoms with Crippen molar-refractivity contribution in [1.29, 1.82) is 0 Å². The predicted molar refractivity (Wildman–Crippen MR) is 106 cm³/mol. The molecule has 1 heterocycles. The molecule has 0 radical (unpaired) electrons. The third kappa shape index (κ3) is 3.78. The molecule has 1 aromatic heterocycles. The normalized spacial score (nSPS) is 12.6. The second-order valence-electron chi connectivity index (χ2n) is 6.91. The Balaban J connectivity index is 1.99. The van der Waals surface area contributed by atoms with E-state index in [1.165, 1.54) is 11.3 Å². The van der Waals surface area contributed by atoms with Crippen molar-refractivity contribution in [1.82, 2.24) is 4.98 Å². The number of hydrogen-bond acceptors (Lipinski definition) is 4. The second-order valence-corrected chi connectivity index (χ2v) is 7.76. The molecule has 3 rings (SSSR count). The summed E-state index contributed by atoms with van der Waals surface area (Å²) in [6.07, 6.45) is 0. The minimum Gasteiger partial charge on any atom is -0.508 e. The molecule has 26 heavy (non-hydrogen) atoms. The van der Waals surface area contributed by atoms with Gasteiger partial charge in [-0.25, -0.2) is 4.98 Å². The van der Waals surface area contributed by atoms with Gasteiger partial charge in [0.25, 0.3) is 0 Å². The zero-order valence-electron chi connectivity index (χ0n) is 15.1. The Hall–Kier alpha value is -2.66. The van der Waals surface area contributed by atoms with E-state index in [0.29, 0.717) is 5.13 Å². The quantitative estimate of drug-likeness (QED) is 0.671. The maximum absolute atomic E-state index is 13.1. The summed E-state index contributed by atoms with van der Waals surface area (Å²) in [5.74, 6) is -0.0415. The molecule has 1 amide bonds. The van der Waals surface area contributed by atoms with Gasteiger partial charge in [-0.1, -0.05) is 56.3 Å². The van der Waals surface area contributed by atoms with E-state index in [0.717, 1.165) is 16.8 Å². The predicted octanol–water partition coefficient (Wildman–Crippen LogP) is 4.95. The molecular formula is C21H22N2O2S. The average Bonchev–Trinajstić information content (AvgIpc) is 3.02. The molecule has 0 fully saturated rings. The molecular weight excluding hydrogens is 344 g/mol. The number of rotatable bonds is 5. The van der Waals surface area contributed by atoms with Gasteiger partial charge in [-0.15, -0.1) is 11.3 Å². The minimum atomic E-state index is -0.724. The molecule has 0 spiro atoms. The zero-order valence-corrected chi connectivity index (χ0v) is 15.9. The monoisotopic (exact) mass is 366 g/mol. The number of benzene rings is 2. The van der Waals surface area contributed by atoms with E-state index < -0.39 is 5.41 Å². The Kier molecular flexibility index (Phi) is 5.09. The van der Waals surface area contributed by atoms with E-state index in [1.54, 1.807) is 12.1 Å². The average molecular weight is 366 g/mol. The van der Waals surface area contributed by atoms with Gasteiger partial charge in [0.2, 0.25) is 5.91 Å². The fourth-order valence-electron chi connectivity index (χ4n) is 3.14. The fraction of sp³-hybridized carbons (Fsp3) is 0.238. The SMILES string of the molecule is Cc1csc(NC(=O)C(C)(C)C(c2ccccc2)c2ccc(O)cc2)n1. The first-order valence-corrected chi connectivity index (χ1v) is 9.33. The summed E-state index contributed by atoms with van der Waals surface area (Å²) >= 11 is 1.42. The fourth-order valence-corrected chi connectivity index (χ4v) is 3.82. The number of anilines is 1. The highest BCUT2D eigenvalue weighted by Gasteiger charge is 2.39. The molecule has 0 aliphatic heterocycles. The van der Waals surface area contributed by atoms with Crippen LogP contribution >= 0.6 is 11.3 Å². The molecule has 4 nitrogen and oxygen atoms in total. The van der Waals surface area contributed by atoms with Crippen molar-refractivity contribution in [3.8, 4) is 5.75 Å². The first-order chi connectivity index (χ1) is 12.4. The van der Waals surface area contributed by atoms with Gasteiger partial charge in [0.15, 0.2) is 5.13 Å². The van der Waals surface area contributed by atoms with E-state index in [2.05, 4.69) is 10.3 Å². The van der Waals surface area contributed by atoms with Gasteiger partial charge in [-0.2, -0.15) is 0 Å². The van der Waals surface area contributed by atoms with Crippen LogP contribution in [0.2, 0.25) is 0 Å². The second kappa shape index (κ2) is 7.30. The molecule has 3 aromatic rings. The number of hydrogen-bond donors (Lipinski definition) is 2. The smallest absolute Gasteiger partial charge is 0.232 e. The molecule has 1 atom stereocenters. The summed E-state index contributed by atoms with van der Waals surface area (Å²) in [7, 11) is 0. The molecule has 2 aromatic carbocycles. The van der Waals surface area contributed by atoms with Crippen molar-refractivity contribution in [3.63, 3.8) is 0 Å². The van der Waals surface area contributed by atoms with Crippen LogP contribution in [0.25, 0.3) is 0 Å². The van der Waals surface area contributed by atoms with Gasteiger partial charge < -0.3 is 10.4 Å². The summed E-state index contributed by atoms with van der Waals surface area (Å²) in [6.45, 7) is 5.78. The number of thiazole rings is 1. The van der Waals surface area contributed by atoms with Crippen LogP contribution in [0.5, 0.6) is 5.75 Å². The van der Waals surface area contributed by atoms with Crippen LogP contribution in [0, 0.1) is 12.3 Å². The lowest BCUT2D eigenvalue weighted by atomic mass is 9.70. The summed E-state index contributed by atoms with van der Waals surface area (Å²) in [5.41, 5.74) is 2.19. The Morgan fingerprint density at radius 3 is 2.27 bits per heavy atom. The Morgan fingerprint density at radius 2 is 1.69 bits per heavy atom. The Labute approximate surface area is 157 Å². The number of phenols is 1. The number of aromatic hydroxyl groups is 1. The van der Waals surface area contributed by atoms with Crippen LogP contribution in [-0.4, -0.2) is 16.0 Å². The number of nitrogens with zero attached hydrogens (tertiary/aromatic N) is 1. The molecule has 0 aliphatic carbocycles. The number of carbonyl (C=O) groups excluding carboxylic acids is 1.